The van der Waals surface area contributed by atoms with Crippen LogP contribution in [0.15, 0.2) is 4.42 Å². The average molecular weight is 295 g/mol. The Balaban J connectivity index is 1.54. The lowest BCUT2D eigenvalue weighted by molar-refractivity contribution is 0.00743. The van der Waals surface area contributed by atoms with Gasteiger partial charge in [-0.25, -0.2) is 0 Å². The monoisotopic (exact) mass is 295 g/mol. The van der Waals surface area contributed by atoms with Crippen LogP contribution in [0.2, 0.25) is 0 Å². The molecule has 0 spiro atoms. The van der Waals surface area contributed by atoms with Crippen LogP contribution in [0.1, 0.15) is 56.2 Å². The summed E-state index contributed by atoms with van der Waals surface area (Å²) in [7, 11) is 1.62. The normalized spacial score (nSPS) is 28.9. The van der Waals surface area contributed by atoms with Gasteiger partial charge in [0.05, 0.1) is 6.10 Å². The second-order valence-electron chi connectivity index (χ2n) is 6.20. The highest BCUT2D eigenvalue weighted by molar-refractivity contribution is 4.96. The molecule has 2 atom stereocenters. The van der Waals surface area contributed by atoms with Crippen LogP contribution in [0.25, 0.3) is 0 Å². The molecular formula is C15H25N3O3. The maximum atomic E-state index is 10.2. The third kappa shape index (κ3) is 3.44. The van der Waals surface area contributed by atoms with Crippen molar-refractivity contribution in [3.63, 3.8) is 0 Å². The lowest BCUT2D eigenvalue weighted by Gasteiger charge is -2.41. The van der Waals surface area contributed by atoms with Gasteiger partial charge in [-0.2, -0.15) is 0 Å². The third-order valence-electron chi connectivity index (χ3n) is 4.79. The van der Waals surface area contributed by atoms with E-state index in [4.69, 9.17) is 9.15 Å². The minimum atomic E-state index is -0.146. The summed E-state index contributed by atoms with van der Waals surface area (Å²) in [4.78, 5) is 2.45. The molecule has 6 heteroatoms. The number of likely N-dealkylation sites (tertiary alicyclic amines) is 1. The lowest BCUT2D eigenvalue weighted by atomic mass is 9.88. The SMILES string of the molecule is COCc1nnc(C2CCN(C3CCCCC3O)CC2)o1. The Morgan fingerprint density at radius 1 is 1.19 bits per heavy atom. The van der Waals surface area contributed by atoms with Gasteiger partial charge in [-0.1, -0.05) is 12.8 Å². The van der Waals surface area contributed by atoms with E-state index in [1.165, 1.54) is 12.8 Å². The van der Waals surface area contributed by atoms with Crippen LogP contribution in [0.5, 0.6) is 0 Å². The molecule has 3 rings (SSSR count). The minimum absolute atomic E-state index is 0.146. The number of hydrogen-bond donors (Lipinski definition) is 1. The molecule has 2 heterocycles. The number of rotatable bonds is 4. The summed E-state index contributed by atoms with van der Waals surface area (Å²) < 4.78 is 10.7. The molecule has 2 unspecified atom stereocenters. The Hall–Kier alpha value is -0.980. The molecule has 118 valence electrons. The quantitative estimate of drug-likeness (QED) is 0.911. The molecule has 21 heavy (non-hydrogen) atoms. The fraction of sp³-hybridized carbons (Fsp3) is 0.867. The summed E-state index contributed by atoms with van der Waals surface area (Å²) in [6, 6.07) is 0.353. The van der Waals surface area contributed by atoms with Gasteiger partial charge in [-0.3, -0.25) is 4.90 Å². The summed E-state index contributed by atoms with van der Waals surface area (Å²) in [5, 5.41) is 18.3. The lowest BCUT2D eigenvalue weighted by Crippen LogP contribution is -2.48. The van der Waals surface area contributed by atoms with Crippen LogP contribution < -0.4 is 0 Å². The largest absolute Gasteiger partial charge is 0.422 e. The molecule has 2 fully saturated rings. The van der Waals surface area contributed by atoms with Gasteiger partial charge in [0.25, 0.3) is 0 Å². The number of hydrogen-bond acceptors (Lipinski definition) is 6. The van der Waals surface area contributed by atoms with Crippen molar-refractivity contribution in [1.82, 2.24) is 15.1 Å². The molecule has 1 N–H and O–H groups in total. The van der Waals surface area contributed by atoms with Crippen LogP contribution in [0.3, 0.4) is 0 Å². The number of piperidine rings is 1. The van der Waals surface area contributed by atoms with Crippen LogP contribution in [-0.2, 0) is 11.3 Å². The highest BCUT2D eigenvalue weighted by atomic mass is 16.5. The van der Waals surface area contributed by atoms with Gasteiger partial charge in [0.2, 0.25) is 11.8 Å². The van der Waals surface area contributed by atoms with E-state index in [0.717, 1.165) is 44.7 Å². The average Bonchev–Trinajstić information content (AvgIpc) is 2.97. The van der Waals surface area contributed by atoms with Gasteiger partial charge in [-0.15, -0.1) is 10.2 Å². The minimum Gasteiger partial charge on any atom is -0.422 e. The smallest absolute Gasteiger partial charge is 0.242 e. The van der Waals surface area contributed by atoms with Crippen molar-refractivity contribution in [2.45, 2.75) is 63.2 Å². The zero-order valence-electron chi connectivity index (χ0n) is 12.7. The van der Waals surface area contributed by atoms with Crippen molar-refractivity contribution in [3.8, 4) is 0 Å². The Kier molecular flexibility index (Phi) is 4.87. The number of methoxy groups -OCH3 is 1. The number of ether oxygens (including phenoxy) is 1. The zero-order valence-corrected chi connectivity index (χ0v) is 12.7. The van der Waals surface area contributed by atoms with Crippen LogP contribution in [-0.4, -0.2) is 52.5 Å². The molecule has 1 saturated carbocycles. The molecule has 1 aromatic rings. The van der Waals surface area contributed by atoms with Crippen LogP contribution in [0.4, 0.5) is 0 Å². The molecule has 6 nitrogen and oxygen atoms in total. The maximum Gasteiger partial charge on any atom is 0.242 e. The van der Waals surface area contributed by atoms with Crippen LogP contribution in [0, 0.1) is 0 Å². The molecular weight excluding hydrogens is 270 g/mol. The number of nitrogens with zero attached hydrogens (tertiary/aromatic N) is 3. The molecule has 1 saturated heterocycles. The Bertz CT molecular complexity index is 443. The first kappa shape index (κ1) is 14.9. The van der Waals surface area contributed by atoms with Gasteiger partial charge in [0.1, 0.15) is 6.61 Å². The summed E-state index contributed by atoms with van der Waals surface area (Å²) in [5.74, 6) is 1.64. The Labute approximate surface area is 125 Å². The van der Waals surface area contributed by atoms with Crippen molar-refractivity contribution in [3.05, 3.63) is 11.8 Å². The molecule has 1 aliphatic carbocycles. The predicted octanol–water partition coefficient (Wildman–Crippen LogP) is 1.70. The maximum absolute atomic E-state index is 10.2. The van der Waals surface area contributed by atoms with Crippen molar-refractivity contribution >= 4 is 0 Å². The number of aliphatic hydroxyl groups excluding tert-OH is 1. The first-order valence-electron chi connectivity index (χ1n) is 8.01. The van der Waals surface area contributed by atoms with Gasteiger partial charge in [0, 0.05) is 19.1 Å². The predicted molar refractivity (Wildman–Crippen MR) is 76.8 cm³/mol. The summed E-state index contributed by atoms with van der Waals surface area (Å²) in [6.45, 7) is 2.39. The fourth-order valence-corrected chi connectivity index (χ4v) is 3.61. The van der Waals surface area contributed by atoms with E-state index >= 15 is 0 Å². The molecule has 2 aliphatic rings. The Morgan fingerprint density at radius 2 is 1.95 bits per heavy atom. The van der Waals surface area contributed by atoms with E-state index in [9.17, 15) is 5.11 Å². The van der Waals surface area contributed by atoms with Crippen molar-refractivity contribution in [2.75, 3.05) is 20.2 Å². The molecule has 1 aromatic heterocycles. The number of aliphatic hydroxyl groups is 1. The highest BCUT2D eigenvalue weighted by Gasteiger charge is 2.33. The van der Waals surface area contributed by atoms with Crippen molar-refractivity contribution in [1.29, 1.82) is 0 Å². The summed E-state index contributed by atoms with van der Waals surface area (Å²) in [5.41, 5.74) is 0. The second-order valence-corrected chi connectivity index (χ2v) is 6.20. The van der Waals surface area contributed by atoms with E-state index in [1.807, 2.05) is 0 Å². The van der Waals surface area contributed by atoms with E-state index < -0.39 is 0 Å². The summed E-state index contributed by atoms with van der Waals surface area (Å²) in [6.07, 6.45) is 6.39. The molecule has 0 amide bonds. The number of aromatic nitrogens is 2. The fourth-order valence-electron chi connectivity index (χ4n) is 3.61. The van der Waals surface area contributed by atoms with E-state index in [-0.39, 0.29) is 6.10 Å². The first-order valence-corrected chi connectivity index (χ1v) is 8.01. The van der Waals surface area contributed by atoms with E-state index in [0.29, 0.717) is 24.5 Å². The first-order chi connectivity index (χ1) is 10.3. The van der Waals surface area contributed by atoms with E-state index in [2.05, 4.69) is 15.1 Å². The van der Waals surface area contributed by atoms with Gasteiger partial charge in [0.15, 0.2) is 0 Å². The van der Waals surface area contributed by atoms with Gasteiger partial charge in [-0.05, 0) is 38.8 Å². The summed E-state index contributed by atoms with van der Waals surface area (Å²) >= 11 is 0. The van der Waals surface area contributed by atoms with Crippen molar-refractivity contribution in [2.24, 2.45) is 0 Å². The molecule has 0 radical (unpaired) electrons. The highest BCUT2D eigenvalue weighted by Crippen LogP contribution is 2.31. The molecule has 0 aromatic carbocycles. The molecule has 0 bridgehead atoms. The second kappa shape index (κ2) is 6.85. The Morgan fingerprint density at radius 3 is 2.67 bits per heavy atom. The van der Waals surface area contributed by atoms with Gasteiger partial charge < -0.3 is 14.3 Å². The molecule has 1 aliphatic heterocycles. The van der Waals surface area contributed by atoms with Gasteiger partial charge >= 0.3 is 0 Å². The third-order valence-corrected chi connectivity index (χ3v) is 4.79. The van der Waals surface area contributed by atoms with Crippen molar-refractivity contribution < 1.29 is 14.3 Å². The zero-order chi connectivity index (χ0) is 14.7. The standard InChI is InChI=1S/C15H25N3O3/c1-20-10-14-16-17-15(21-14)11-6-8-18(9-7-11)12-4-2-3-5-13(12)19/h11-13,19H,2-10H2,1H3. The van der Waals surface area contributed by atoms with Crippen LogP contribution >= 0.6 is 0 Å². The topological polar surface area (TPSA) is 71.6 Å². The van der Waals surface area contributed by atoms with E-state index in [1.54, 1.807) is 7.11 Å².